The van der Waals surface area contributed by atoms with Crippen LogP contribution in [0.1, 0.15) is 0 Å². The first-order valence-corrected chi connectivity index (χ1v) is 16.2. The fourth-order valence-corrected chi connectivity index (χ4v) is 6.98. The van der Waals surface area contributed by atoms with Crippen LogP contribution in [0, 0.1) is 5.82 Å². The fraction of sp³-hybridized carbons (Fsp3) is 0.107. The van der Waals surface area contributed by atoms with Gasteiger partial charge in [0.15, 0.2) is 11.5 Å². The molecule has 2 N–H and O–H groups in total. The number of fused-ring (bicyclic) bond motifs is 1. The maximum atomic E-state index is 13.7. The number of amides is 1. The molecular weight excluding hydrogens is 644 g/mol. The van der Waals surface area contributed by atoms with E-state index in [4.69, 9.17) is 32.7 Å². The Morgan fingerprint density at radius 1 is 0.837 bits per heavy atom. The molecule has 1 amide bonds. The summed E-state index contributed by atoms with van der Waals surface area (Å²) in [4.78, 5) is 12.8. The Morgan fingerprint density at radius 3 is 2.19 bits per heavy atom. The van der Waals surface area contributed by atoms with Gasteiger partial charge in [-0.2, -0.15) is 0 Å². The lowest BCUT2D eigenvalue weighted by atomic mass is 10.3. The first-order chi connectivity index (χ1) is 20.4. The van der Waals surface area contributed by atoms with Gasteiger partial charge in [-0.15, -0.1) is 0 Å². The first kappa shape index (κ1) is 30.4. The Balaban J connectivity index is 1.35. The number of nitrogens with one attached hydrogen (secondary N) is 2. The molecule has 1 heterocycles. The van der Waals surface area contributed by atoms with Crippen LogP contribution in [-0.2, 0) is 24.8 Å². The molecule has 0 fully saturated rings. The van der Waals surface area contributed by atoms with Crippen LogP contribution in [0.5, 0.6) is 11.5 Å². The zero-order valence-corrected chi connectivity index (χ0v) is 25.1. The van der Waals surface area contributed by atoms with E-state index in [1.54, 1.807) is 0 Å². The Kier molecular flexibility index (Phi) is 8.69. The Hall–Kier alpha value is -4.04. The van der Waals surface area contributed by atoms with E-state index in [-0.39, 0.29) is 49.3 Å². The van der Waals surface area contributed by atoms with Crippen LogP contribution in [-0.4, -0.2) is 42.5 Å². The van der Waals surface area contributed by atoms with Gasteiger partial charge in [-0.3, -0.25) is 13.8 Å². The van der Waals surface area contributed by atoms with Crippen LogP contribution in [0.4, 0.5) is 21.5 Å². The van der Waals surface area contributed by atoms with Crippen LogP contribution in [0.2, 0.25) is 10.0 Å². The second kappa shape index (κ2) is 12.3. The van der Waals surface area contributed by atoms with Crippen LogP contribution < -0.4 is 23.8 Å². The summed E-state index contributed by atoms with van der Waals surface area (Å²) in [6.45, 7) is -0.122. The third kappa shape index (κ3) is 6.80. The zero-order valence-electron chi connectivity index (χ0n) is 22.0. The van der Waals surface area contributed by atoms with Crippen molar-refractivity contribution in [3.63, 3.8) is 0 Å². The molecule has 4 aromatic carbocycles. The SMILES string of the molecule is O=C(CN(c1ccc(F)cc1)S(=O)(=O)c1ccc2c(c1)OCCO2)Nc1ccc(S(=O)(=O)Nc2cccc(Cl)c2Cl)cc1. The van der Waals surface area contributed by atoms with Crippen molar-refractivity contribution in [3.05, 3.63) is 101 Å². The Morgan fingerprint density at radius 2 is 1.49 bits per heavy atom. The fourth-order valence-electron chi connectivity index (χ4n) is 4.07. The molecule has 224 valence electrons. The van der Waals surface area contributed by atoms with Gasteiger partial charge in [0.1, 0.15) is 25.6 Å². The lowest BCUT2D eigenvalue weighted by Crippen LogP contribution is -2.38. The van der Waals surface area contributed by atoms with Crippen molar-refractivity contribution in [2.75, 3.05) is 34.1 Å². The molecule has 0 aromatic heterocycles. The van der Waals surface area contributed by atoms with Crippen LogP contribution in [0.3, 0.4) is 0 Å². The van der Waals surface area contributed by atoms with Crippen LogP contribution >= 0.6 is 23.2 Å². The minimum Gasteiger partial charge on any atom is -0.486 e. The molecule has 4 aromatic rings. The zero-order chi connectivity index (χ0) is 30.8. The smallest absolute Gasteiger partial charge is 0.264 e. The van der Waals surface area contributed by atoms with E-state index >= 15 is 0 Å². The number of ether oxygens (including phenoxy) is 2. The molecule has 15 heteroatoms. The van der Waals surface area contributed by atoms with Gasteiger partial charge in [0.25, 0.3) is 20.0 Å². The monoisotopic (exact) mass is 665 g/mol. The average molecular weight is 667 g/mol. The maximum Gasteiger partial charge on any atom is 0.264 e. The van der Waals surface area contributed by atoms with Gasteiger partial charge in [0.2, 0.25) is 5.91 Å². The number of sulfonamides is 2. The molecule has 0 spiro atoms. The van der Waals surface area contributed by atoms with E-state index in [9.17, 15) is 26.0 Å². The van der Waals surface area contributed by atoms with Crippen molar-refractivity contribution in [1.82, 2.24) is 0 Å². The topological polar surface area (TPSA) is 131 Å². The van der Waals surface area contributed by atoms with Crippen LogP contribution in [0.15, 0.2) is 94.7 Å². The van der Waals surface area contributed by atoms with Gasteiger partial charge < -0.3 is 14.8 Å². The predicted molar refractivity (Wildman–Crippen MR) is 161 cm³/mol. The number of hydrogen-bond donors (Lipinski definition) is 2. The minimum atomic E-state index is -4.34. The number of rotatable bonds is 9. The van der Waals surface area contributed by atoms with Gasteiger partial charge in [-0.1, -0.05) is 29.3 Å². The highest BCUT2D eigenvalue weighted by Crippen LogP contribution is 2.35. The Bertz CT molecular complexity index is 1890. The summed E-state index contributed by atoms with van der Waals surface area (Å²) in [5.74, 6) is -0.720. The van der Waals surface area contributed by atoms with Crippen molar-refractivity contribution in [1.29, 1.82) is 0 Å². The summed E-state index contributed by atoms with van der Waals surface area (Å²) in [7, 11) is -8.40. The second-order valence-corrected chi connectivity index (χ2v) is 13.4. The van der Waals surface area contributed by atoms with Gasteiger partial charge in [0.05, 0.1) is 31.2 Å². The van der Waals surface area contributed by atoms with Gasteiger partial charge >= 0.3 is 0 Å². The largest absolute Gasteiger partial charge is 0.486 e. The van der Waals surface area contributed by atoms with E-state index < -0.39 is 38.3 Å². The van der Waals surface area contributed by atoms with E-state index in [0.29, 0.717) is 12.4 Å². The van der Waals surface area contributed by atoms with Gasteiger partial charge in [0, 0.05) is 11.8 Å². The van der Waals surface area contributed by atoms with Gasteiger partial charge in [-0.25, -0.2) is 21.2 Å². The molecule has 0 bridgehead atoms. The number of benzene rings is 4. The molecule has 10 nitrogen and oxygen atoms in total. The predicted octanol–water partition coefficient (Wildman–Crippen LogP) is 5.54. The van der Waals surface area contributed by atoms with Crippen molar-refractivity contribution < 1.29 is 35.5 Å². The number of nitrogens with zero attached hydrogens (tertiary/aromatic N) is 1. The second-order valence-electron chi connectivity index (χ2n) is 9.07. The standard InChI is InChI=1S/C28H22Cl2FN3O7S2/c29-23-2-1-3-24(28(23)30)33-42(36,37)21-10-6-19(7-11-21)32-27(35)17-34(20-8-4-18(31)5-9-20)43(38,39)22-12-13-25-26(16-22)41-15-14-40-25/h1-13,16,33H,14-15,17H2,(H,32,35). The summed E-state index contributed by atoms with van der Waals surface area (Å²) in [5.41, 5.74) is 0.325. The molecule has 0 atom stereocenters. The van der Waals surface area contributed by atoms with Gasteiger partial charge in [-0.05, 0) is 72.8 Å². The highest BCUT2D eigenvalue weighted by atomic mass is 35.5. The number of carbonyl (C=O) groups excluding carboxylic acids is 1. The molecule has 0 aliphatic carbocycles. The maximum absolute atomic E-state index is 13.7. The molecule has 5 rings (SSSR count). The third-order valence-corrected chi connectivity index (χ3v) is 10.1. The van der Waals surface area contributed by atoms with E-state index in [2.05, 4.69) is 10.0 Å². The lowest BCUT2D eigenvalue weighted by molar-refractivity contribution is -0.114. The quantitative estimate of drug-likeness (QED) is 0.240. The number of halogens is 3. The summed E-state index contributed by atoms with van der Waals surface area (Å²) >= 11 is 12.0. The van der Waals surface area contributed by atoms with E-state index in [0.717, 1.165) is 16.4 Å². The molecule has 0 unspecified atom stereocenters. The molecule has 0 radical (unpaired) electrons. The molecule has 43 heavy (non-hydrogen) atoms. The molecule has 1 aliphatic heterocycles. The molecular formula is C28H22Cl2FN3O7S2. The van der Waals surface area contributed by atoms with E-state index in [1.165, 1.54) is 72.8 Å². The Labute approximate surface area is 257 Å². The lowest BCUT2D eigenvalue weighted by Gasteiger charge is -2.25. The van der Waals surface area contributed by atoms with Crippen molar-refractivity contribution in [2.24, 2.45) is 0 Å². The minimum absolute atomic E-state index is 0.0357. The highest BCUT2D eigenvalue weighted by Gasteiger charge is 2.29. The number of hydrogen-bond acceptors (Lipinski definition) is 7. The van der Waals surface area contributed by atoms with Crippen molar-refractivity contribution >= 4 is 66.2 Å². The highest BCUT2D eigenvalue weighted by molar-refractivity contribution is 7.93. The summed E-state index contributed by atoms with van der Waals surface area (Å²) in [5, 5.41) is 2.76. The molecule has 0 saturated carbocycles. The number of carbonyl (C=O) groups is 1. The van der Waals surface area contributed by atoms with Crippen molar-refractivity contribution in [2.45, 2.75) is 9.79 Å². The summed E-state index contributed by atoms with van der Waals surface area (Å²) < 4.78 is 80.9. The third-order valence-electron chi connectivity index (χ3n) is 6.15. The van der Waals surface area contributed by atoms with Crippen molar-refractivity contribution in [3.8, 4) is 11.5 Å². The average Bonchev–Trinajstić information content (AvgIpc) is 2.98. The summed E-state index contributed by atoms with van der Waals surface area (Å²) in [6.07, 6.45) is 0. The molecule has 0 saturated heterocycles. The summed E-state index contributed by atoms with van der Waals surface area (Å²) in [6, 6.07) is 18.4. The van der Waals surface area contributed by atoms with Crippen LogP contribution in [0.25, 0.3) is 0 Å². The first-order valence-electron chi connectivity index (χ1n) is 12.5. The number of anilines is 3. The van der Waals surface area contributed by atoms with E-state index in [1.807, 2.05) is 0 Å². The molecule has 1 aliphatic rings. The normalized spacial score (nSPS) is 12.8.